The third kappa shape index (κ3) is 2.45. The molecule has 0 saturated carbocycles. The molecule has 0 radical (unpaired) electrons. The van der Waals surface area contributed by atoms with Crippen molar-refractivity contribution in [2.24, 2.45) is 5.73 Å². The fraction of sp³-hybridized carbons (Fsp3) is 0.214. The Bertz CT molecular complexity index is 494. The Kier molecular flexibility index (Phi) is 3.40. The molecule has 1 aromatic heterocycles. The smallest absolute Gasteiger partial charge is 0.128 e. The van der Waals surface area contributed by atoms with Crippen LogP contribution in [-0.2, 0) is 0 Å². The van der Waals surface area contributed by atoms with Crippen LogP contribution in [0.1, 0.15) is 22.7 Å². The molecule has 2 aromatic rings. The normalized spacial score (nSPS) is 12.2. The number of hydrogen-bond acceptors (Lipinski definition) is 3. The van der Waals surface area contributed by atoms with E-state index in [2.05, 4.69) is 16.4 Å². The van der Waals surface area contributed by atoms with Crippen molar-refractivity contribution in [1.82, 2.24) is 4.98 Å². The zero-order valence-electron chi connectivity index (χ0n) is 10.1. The highest BCUT2D eigenvalue weighted by molar-refractivity contribution is 5.45. The molecule has 17 heavy (non-hydrogen) atoms. The van der Waals surface area contributed by atoms with Crippen molar-refractivity contribution in [3.05, 3.63) is 59.3 Å². The van der Waals surface area contributed by atoms with Crippen LogP contribution in [0.4, 0.5) is 5.82 Å². The molecule has 3 heteroatoms. The Morgan fingerprint density at radius 2 is 1.88 bits per heavy atom. The Balaban J connectivity index is 2.32. The lowest BCUT2D eigenvalue weighted by Gasteiger charge is -2.14. The summed E-state index contributed by atoms with van der Waals surface area (Å²) in [6.07, 6.45) is 1.83. The Hall–Kier alpha value is -1.87. The fourth-order valence-corrected chi connectivity index (χ4v) is 1.88. The molecule has 0 amide bonds. The number of hydrogen-bond donors (Lipinski definition) is 2. The van der Waals surface area contributed by atoms with Crippen LogP contribution in [0.25, 0.3) is 0 Å². The van der Waals surface area contributed by atoms with E-state index < -0.39 is 0 Å². The third-order valence-electron chi connectivity index (χ3n) is 2.85. The maximum atomic E-state index is 6.22. The van der Waals surface area contributed by atoms with Crippen molar-refractivity contribution in [2.45, 2.75) is 13.0 Å². The quantitative estimate of drug-likeness (QED) is 0.847. The van der Waals surface area contributed by atoms with Crippen molar-refractivity contribution < 1.29 is 0 Å². The topological polar surface area (TPSA) is 50.9 Å². The van der Waals surface area contributed by atoms with E-state index in [0.29, 0.717) is 0 Å². The van der Waals surface area contributed by atoms with Crippen molar-refractivity contribution in [1.29, 1.82) is 0 Å². The molecule has 0 fully saturated rings. The second-order valence-corrected chi connectivity index (χ2v) is 4.07. The number of rotatable bonds is 3. The highest BCUT2D eigenvalue weighted by Crippen LogP contribution is 2.21. The van der Waals surface area contributed by atoms with E-state index >= 15 is 0 Å². The summed E-state index contributed by atoms with van der Waals surface area (Å²) < 4.78 is 0. The molecule has 1 aromatic carbocycles. The zero-order valence-corrected chi connectivity index (χ0v) is 10.1. The van der Waals surface area contributed by atoms with Crippen molar-refractivity contribution in [3.8, 4) is 0 Å². The van der Waals surface area contributed by atoms with Gasteiger partial charge in [0, 0.05) is 13.2 Å². The lowest BCUT2D eigenvalue weighted by Crippen LogP contribution is -2.12. The summed E-state index contributed by atoms with van der Waals surface area (Å²) in [5.74, 6) is 0.897. The summed E-state index contributed by atoms with van der Waals surface area (Å²) in [5.41, 5.74) is 9.46. The molecule has 0 bridgehead atoms. The van der Waals surface area contributed by atoms with E-state index in [1.807, 2.05) is 50.5 Å². The van der Waals surface area contributed by atoms with Crippen LogP contribution in [0.15, 0.2) is 42.6 Å². The molecule has 0 aliphatic rings. The van der Waals surface area contributed by atoms with Crippen LogP contribution >= 0.6 is 0 Å². The first kappa shape index (κ1) is 11.6. The fourth-order valence-electron chi connectivity index (χ4n) is 1.88. The number of nitrogens with two attached hydrogens (primary N) is 1. The van der Waals surface area contributed by atoms with Crippen LogP contribution in [0.3, 0.4) is 0 Å². The molecule has 0 saturated heterocycles. The van der Waals surface area contributed by atoms with E-state index in [9.17, 15) is 0 Å². The monoisotopic (exact) mass is 227 g/mol. The molecule has 3 nitrogen and oxygen atoms in total. The van der Waals surface area contributed by atoms with Gasteiger partial charge in [-0.3, -0.25) is 0 Å². The molecule has 88 valence electrons. The highest BCUT2D eigenvalue weighted by atomic mass is 15.0. The van der Waals surface area contributed by atoms with E-state index in [1.165, 1.54) is 0 Å². The Morgan fingerprint density at radius 1 is 1.18 bits per heavy atom. The van der Waals surface area contributed by atoms with Crippen LogP contribution in [0.2, 0.25) is 0 Å². The Labute approximate surface area is 102 Å². The van der Waals surface area contributed by atoms with Gasteiger partial charge in [-0.15, -0.1) is 0 Å². The zero-order chi connectivity index (χ0) is 12.3. The summed E-state index contributed by atoms with van der Waals surface area (Å²) in [6.45, 7) is 2.03. The third-order valence-corrected chi connectivity index (χ3v) is 2.85. The van der Waals surface area contributed by atoms with E-state index in [-0.39, 0.29) is 6.04 Å². The molecule has 2 rings (SSSR count). The number of aryl methyl sites for hydroxylation is 1. The van der Waals surface area contributed by atoms with Crippen molar-refractivity contribution in [3.63, 3.8) is 0 Å². The molecule has 0 aliphatic carbocycles. The van der Waals surface area contributed by atoms with Crippen LogP contribution in [0.5, 0.6) is 0 Å². The van der Waals surface area contributed by atoms with Gasteiger partial charge in [0.1, 0.15) is 5.82 Å². The molecule has 0 spiro atoms. The minimum Gasteiger partial charge on any atom is -0.373 e. The van der Waals surface area contributed by atoms with Gasteiger partial charge < -0.3 is 11.1 Å². The van der Waals surface area contributed by atoms with E-state index in [1.54, 1.807) is 0 Å². The van der Waals surface area contributed by atoms with Crippen LogP contribution < -0.4 is 11.1 Å². The lowest BCUT2D eigenvalue weighted by molar-refractivity contribution is 0.861. The van der Waals surface area contributed by atoms with Gasteiger partial charge in [0.2, 0.25) is 0 Å². The van der Waals surface area contributed by atoms with Gasteiger partial charge in [-0.05, 0) is 29.7 Å². The summed E-state index contributed by atoms with van der Waals surface area (Å²) in [5, 5.41) is 3.05. The van der Waals surface area contributed by atoms with Crippen LogP contribution in [0, 0.1) is 6.92 Å². The maximum absolute atomic E-state index is 6.22. The molecule has 0 aliphatic heterocycles. The summed E-state index contributed by atoms with van der Waals surface area (Å²) in [4.78, 5) is 4.35. The van der Waals surface area contributed by atoms with Crippen molar-refractivity contribution >= 4 is 5.82 Å². The van der Waals surface area contributed by atoms with Gasteiger partial charge in [-0.2, -0.15) is 0 Å². The van der Waals surface area contributed by atoms with Gasteiger partial charge in [0.05, 0.1) is 6.04 Å². The van der Waals surface area contributed by atoms with Crippen molar-refractivity contribution in [2.75, 3.05) is 12.4 Å². The van der Waals surface area contributed by atoms with Gasteiger partial charge in [-0.25, -0.2) is 4.98 Å². The summed E-state index contributed by atoms with van der Waals surface area (Å²) in [7, 11) is 1.87. The lowest BCUT2D eigenvalue weighted by atomic mass is 10.00. The molecular weight excluding hydrogens is 210 g/mol. The maximum Gasteiger partial charge on any atom is 0.128 e. The number of aromatic nitrogens is 1. The minimum absolute atomic E-state index is 0.117. The number of nitrogens with zero attached hydrogens (tertiary/aromatic N) is 1. The SMILES string of the molecule is CNc1ncc(C(N)c2ccccc2)cc1C. The van der Waals surface area contributed by atoms with E-state index in [4.69, 9.17) is 5.73 Å². The number of benzene rings is 1. The average molecular weight is 227 g/mol. The first-order chi connectivity index (χ1) is 8.22. The largest absolute Gasteiger partial charge is 0.373 e. The molecule has 3 N–H and O–H groups in total. The molecule has 1 unspecified atom stereocenters. The number of nitrogens with one attached hydrogen (secondary N) is 1. The average Bonchev–Trinajstić information content (AvgIpc) is 2.39. The first-order valence-corrected chi connectivity index (χ1v) is 5.67. The second-order valence-electron chi connectivity index (χ2n) is 4.07. The van der Waals surface area contributed by atoms with E-state index in [0.717, 1.165) is 22.5 Å². The Morgan fingerprint density at radius 3 is 2.47 bits per heavy atom. The highest BCUT2D eigenvalue weighted by Gasteiger charge is 2.10. The minimum atomic E-state index is -0.117. The molecule has 1 heterocycles. The standard InChI is InChI=1S/C14H17N3/c1-10-8-12(9-17-14(10)16-2)13(15)11-6-4-3-5-7-11/h3-9,13H,15H2,1-2H3,(H,16,17). The van der Waals surface area contributed by atoms with Gasteiger partial charge in [0.25, 0.3) is 0 Å². The first-order valence-electron chi connectivity index (χ1n) is 5.67. The number of pyridine rings is 1. The predicted octanol–water partition coefficient (Wildman–Crippen LogP) is 2.48. The van der Waals surface area contributed by atoms with Gasteiger partial charge in [0.15, 0.2) is 0 Å². The van der Waals surface area contributed by atoms with Gasteiger partial charge in [-0.1, -0.05) is 30.3 Å². The summed E-state index contributed by atoms with van der Waals surface area (Å²) in [6, 6.07) is 12.0. The molecule has 1 atom stereocenters. The second kappa shape index (κ2) is 4.97. The summed E-state index contributed by atoms with van der Waals surface area (Å²) >= 11 is 0. The predicted molar refractivity (Wildman–Crippen MR) is 71.0 cm³/mol. The number of anilines is 1. The molecular formula is C14H17N3. The van der Waals surface area contributed by atoms with Gasteiger partial charge >= 0.3 is 0 Å². The van der Waals surface area contributed by atoms with Crippen LogP contribution in [-0.4, -0.2) is 12.0 Å².